The van der Waals surface area contributed by atoms with Gasteiger partial charge in [0.2, 0.25) is 0 Å². The Bertz CT molecular complexity index is 348. The first-order valence-electron chi connectivity index (χ1n) is 5.74. The largest absolute Gasteiger partial charge is 0.459 e. The summed E-state index contributed by atoms with van der Waals surface area (Å²) < 4.78 is 5.12. The van der Waals surface area contributed by atoms with E-state index in [2.05, 4.69) is 0 Å². The lowest BCUT2D eigenvalue weighted by molar-refractivity contribution is 0.0667. The fraction of sp³-hybridized carbons (Fsp3) is 0.583. The predicted octanol–water partition coefficient (Wildman–Crippen LogP) is 1.48. The Balaban J connectivity index is 2.07. The van der Waals surface area contributed by atoms with Crippen molar-refractivity contribution in [2.75, 3.05) is 13.6 Å². The minimum atomic E-state index is -0.0460. The van der Waals surface area contributed by atoms with Gasteiger partial charge in [0.05, 0.1) is 6.26 Å². The van der Waals surface area contributed by atoms with E-state index in [-0.39, 0.29) is 11.9 Å². The molecule has 0 spiro atoms. The van der Waals surface area contributed by atoms with Crippen LogP contribution in [-0.2, 0) is 0 Å². The van der Waals surface area contributed by atoms with Gasteiger partial charge in [-0.3, -0.25) is 4.79 Å². The van der Waals surface area contributed by atoms with Crippen LogP contribution in [0.3, 0.4) is 0 Å². The molecule has 4 nitrogen and oxygen atoms in total. The van der Waals surface area contributed by atoms with Gasteiger partial charge >= 0.3 is 0 Å². The Morgan fingerprint density at radius 2 is 2.44 bits per heavy atom. The molecule has 1 saturated carbocycles. The highest BCUT2D eigenvalue weighted by molar-refractivity contribution is 5.91. The van der Waals surface area contributed by atoms with Crippen molar-refractivity contribution in [3.8, 4) is 0 Å². The second kappa shape index (κ2) is 4.70. The molecule has 0 aliphatic heterocycles. The van der Waals surface area contributed by atoms with Gasteiger partial charge in [0.25, 0.3) is 5.91 Å². The second-order valence-corrected chi connectivity index (χ2v) is 4.39. The molecule has 1 aliphatic carbocycles. The van der Waals surface area contributed by atoms with Crippen LogP contribution in [0.5, 0.6) is 0 Å². The summed E-state index contributed by atoms with van der Waals surface area (Å²) in [6.45, 7) is 0.653. The lowest BCUT2D eigenvalue weighted by Gasteiger charge is -2.28. The average Bonchev–Trinajstić information content (AvgIpc) is 2.97. The van der Waals surface area contributed by atoms with Crippen molar-refractivity contribution in [1.29, 1.82) is 0 Å². The van der Waals surface area contributed by atoms with E-state index in [1.807, 2.05) is 7.05 Å². The van der Waals surface area contributed by atoms with Crippen molar-refractivity contribution >= 4 is 5.91 Å². The number of amides is 1. The SMILES string of the molecule is CN(C(=O)c1ccco1)C1CCCC1CN. The third-order valence-electron chi connectivity index (χ3n) is 3.47. The third-order valence-corrected chi connectivity index (χ3v) is 3.47. The first-order chi connectivity index (χ1) is 7.74. The van der Waals surface area contributed by atoms with E-state index in [9.17, 15) is 4.79 Å². The molecule has 1 aromatic rings. The molecule has 88 valence electrons. The van der Waals surface area contributed by atoms with E-state index < -0.39 is 0 Å². The Hall–Kier alpha value is -1.29. The first kappa shape index (κ1) is 11.2. The number of nitrogens with zero attached hydrogens (tertiary/aromatic N) is 1. The van der Waals surface area contributed by atoms with Crippen molar-refractivity contribution in [2.45, 2.75) is 25.3 Å². The standard InChI is InChI=1S/C12H18N2O2/c1-14(10-5-2-4-9(10)8-13)12(15)11-6-3-7-16-11/h3,6-7,9-10H,2,4-5,8,13H2,1H3. The Morgan fingerprint density at radius 3 is 3.06 bits per heavy atom. The van der Waals surface area contributed by atoms with Gasteiger partial charge in [-0.15, -0.1) is 0 Å². The summed E-state index contributed by atoms with van der Waals surface area (Å²) in [6.07, 6.45) is 4.85. The van der Waals surface area contributed by atoms with E-state index in [4.69, 9.17) is 10.2 Å². The molecule has 0 bridgehead atoms. The number of hydrogen-bond acceptors (Lipinski definition) is 3. The van der Waals surface area contributed by atoms with Crippen molar-refractivity contribution < 1.29 is 9.21 Å². The monoisotopic (exact) mass is 222 g/mol. The van der Waals surface area contributed by atoms with Crippen molar-refractivity contribution in [1.82, 2.24) is 4.90 Å². The fourth-order valence-electron chi connectivity index (χ4n) is 2.53. The fourth-order valence-corrected chi connectivity index (χ4v) is 2.53. The van der Waals surface area contributed by atoms with E-state index in [0.29, 0.717) is 18.2 Å². The smallest absolute Gasteiger partial charge is 0.289 e. The summed E-state index contributed by atoms with van der Waals surface area (Å²) in [4.78, 5) is 13.8. The minimum Gasteiger partial charge on any atom is -0.459 e. The van der Waals surface area contributed by atoms with E-state index >= 15 is 0 Å². The minimum absolute atomic E-state index is 0.0460. The number of hydrogen-bond donors (Lipinski definition) is 1. The molecule has 2 unspecified atom stereocenters. The van der Waals surface area contributed by atoms with Crippen LogP contribution >= 0.6 is 0 Å². The number of rotatable bonds is 3. The third kappa shape index (κ3) is 1.97. The van der Waals surface area contributed by atoms with Crippen LogP contribution in [0.2, 0.25) is 0 Å². The summed E-state index contributed by atoms with van der Waals surface area (Å²) in [7, 11) is 1.84. The van der Waals surface area contributed by atoms with E-state index in [0.717, 1.165) is 19.3 Å². The van der Waals surface area contributed by atoms with Gasteiger partial charge in [-0.05, 0) is 37.4 Å². The van der Waals surface area contributed by atoms with Gasteiger partial charge in [0.1, 0.15) is 0 Å². The summed E-state index contributed by atoms with van der Waals surface area (Å²) >= 11 is 0. The lowest BCUT2D eigenvalue weighted by atomic mass is 10.0. The zero-order valence-electron chi connectivity index (χ0n) is 9.56. The molecule has 1 heterocycles. The molecule has 16 heavy (non-hydrogen) atoms. The quantitative estimate of drug-likeness (QED) is 0.842. The van der Waals surface area contributed by atoms with Crippen LogP contribution in [0, 0.1) is 5.92 Å². The number of carbonyl (C=O) groups is 1. The van der Waals surface area contributed by atoms with E-state index in [1.54, 1.807) is 17.0 Å². The maximum absolute atomic E-state index is 12.0. The summed E-state index contributed by atoms with van der Waals surface area (Å²) in [5.41, 5.74) is 5.72. The van der Waals surface area contributed by atoms with Gasteiger partial charge in [0, 0.05) is 13.1 Å². The predicted molar refractivity (Wildman–Crippen MR) is 61.0 cm³/mol. The molecule has 0 saturated heterocycles. The van der Waals surface area contributed by atoms with Crippen LogP contribution in [0.25, 0.3) is 0 Å². The van der Waals surface area contributed by atoms with Gasteiger partial charge in [-0.1, -0.05) is 6.42 Å². The molecule has 0 aromatic carbocycles. The van der Waals surface area contributed by atoms with Crippen LogP contribution < -0.4 is 5.73 Å². The maximum atomic E-state index is 12.0. The summed E-state index contributed by atoms with van der Waals surface area (Å²) in [5.74, 6) is 0.796. The number of furan rings is 1. The lowest BCUT2D eigenvalue weighted by Crippen LogP contribution is -2.41. The van der Waals surface area contributed by atoms with Crippen molar-refractivity contribution in [3.05, 3.63) is 24.2 Å². The van der Waals surface area contributed by atoms with Crippen molar-refractivity contribution in [3.63, 3.8) is 0 Å². The molecule has 0 radical (unpaired) electrons. The molecule has 1 fully saturated rings. The molecule has 1 aromatic heterocycles. The molecular weight excluding hydrogens is 204 g/mol. The molecular formula is C12H18N2O2. The highest BCUT2D eigenvalue weighted by atomic mass is 16.3. The molecule has 4 heteroatoms. The molecule has 1 aliphatic rings. The maximum Gasteiger partial charge on any atom is 0.289 e. The first-order valence-corrected chi connectivity index (χ1v) is 5.74. The topological polar surface area (TPSA) is 59.5 Å². The molecule has 1 amide bonds. The molecule has 2 N–H and O–H groups in total. The van der Waals surface area contributed by atoms with Gasteiger partial charge in [-0.2, -0.15) is 0 Å². The van der Waals surface area contributed by atoms with Gasteiger partial charge < -0.3 is 15.1 Å². The zero-order valence-corrected chi connectivity index (χ0v) is 9.56. The van der Waals surface area contributed by atoms with Crippen LogP contribution in [0.1, 0.15) is 29.8 Å². The van der Waals surface area contributed by atoms with Gasteiger partial charge in [0.15, 0.2) is 5.76 Å². The van der Waals surface area contributed by atoms with Crippen LogP contribution in [-0.4, -0.2) is 30.4 Å². The van der Waals surface area contributed by atoms with Gasteiger partial charge in [-0.25, -0.2) is 0 Å². The summed E-state index contributed by atoms with van der Waals surface area (Å²) in [6, 6.07) is 3.70. The highest BCUT2D eigenvalue weighted by Gasteiger charge is 2.32. The normalized spacial score (nSPS) is 24.6. The Kier molecular flexibility index (Phi) is 3.29. The van der Waals surface area contributed by atoms with E-state index in [1.165, 1.54) is 6.26 Å². The number of carbonyl (C=O) groups excluding carboxylic acids is 1. The van der Waals surface area contributed by atoms with Crippen molar-refractivity contribution in [2.24, 2.45) is 11.7 Å². The molecule has 2 rings (SSSR count). The molecule has 2 atom stereocenters. The highest BCUT2D eigenvalue weighted by Crippen LogP contribution is 2.29. The Morgan fingerprint density at radius 1 is 1.62 bits per heavy atom. The van der Waals surface area contributed by atoms with Crippen LogP contribution in [0.15, 0.2) is 22.8 Å². The summed E-state index contributed by atoms with van der Waals surface area (Å²) in [5, 5.41) is 0. The Labute approximate surface area is 95.4 Å². The zero-order chi connectivity index (χ0) is 11.5. The second-order valence-electron chi connectivity index (χ2n) is 4.39. The average molecular weight is 222 g/mol. The number of nitrogens with two attached hydrogens (primary N) is 1. The van der Waals surface area contributed by atoms with Crippen LogP contribution in [0.4, 0.5) is 0 Å².